The van der Waals surface area contributed by atoms with Gasteiger partial charge in [0.25, 0.3) is 5.91 Å². The van der Waals surface area contributed by atoms with Crippen molar-refractivity contribution in [2.24, 2.45) is 0 Å². The van der Waals surface area contributed by atoms with Gasteiger partial charge in [0, 0.05) is 30.5 Å². The maximum absolute atomic E-state index is 12.0. The van der Waals surface area contributed by atoms with E-state index in [1.807, 2.05) is 26.0 Å². The molecule has 25 heavy (non-hydrogen) atoms. The van der Waals surface area contributed by atoms with E-state index < -0.39 is 0 Å². The van der Waals surface area contributed by atoms with Crippen LogP contribution in [0.1, 0.15) is 43.6 Å². The zero-order valence-corrected chi connectivity index (χ0v) is 14.8. The van der Waals surface area contributed by atoms with Gasteiger partial charge in [0.1, 0.15) is 11.5 Å². The third kappa shape index (κ3) is 4.47. The van der Waals surface area contributed by atoms with Crippen LogP contribution in [0.2, 0.25) is 0 Å². The van der Waals surface area contributed by atoms with E-state index in [0.717, 1.165) is 25.2 Å². The number of hydrogen-bond donors (Lipinski definition) is 2. The van der Waals surface area contributed by atoms with Gasteiger partial charge < -0.3 is 15.5 Å². The first kappa shape index (κ1) is 17.2. The maximum atomic E-state index is 12.0. The Bertz CT molecular complexity index is 693. The molecule has 3 rings (SSSR count). The Balaban J connectivity index is 1.60. The minimum Gasteiger partial charge on any atom is -0.372 e. The summed E-state index contributed by atoms with van der Waals surface area (Å²) in [5.41, 5.74) is 2.54. The number of anilines is 3. The summed E-state index contributed by atoms with van der Waals surface area (Å²) in [6.45, 7) is 6.27. The van der Waals surface area contributed by atoms with Gasteiger partial charge in [0.05, 0.1) is 12.4 Å². The van der Waals surface area contributed by atoms with Gasteiger partial charge in [-0.15, -0.1) is 0 Å². The molecule has 1 aromatic carbocycles. The molecular formula is C19H25N5O. The van der Waals surface area contributed by atoms with Crippen LogP contribution in [0.3, 0.4) is 0 Å². The number of nitrogens with zero attached hydrogens (tertiary/aromatic N) is 3. The van der Waals surface area contributed by atoms with Gasteiger partial charge in [-0.2, -0.15) is 0 Å². The zero-order valence-electron chi connectivity index (χ0n) is 14.8. The van der Waals surface area contributed by atoms with Crippen LogP contribution in [0.5, 0.6) is 0 Å². The van der Waals surface area contributed by atoms with Gasteiger partial charge in [-0.05, 0) is 50.5 Å². The first-order chi connectivity index (χ1) is 12.2. The van der Waals surface area contributed by atoms with Crippen LogP contribution in [0, 0.1) is 0 Å². The fraction of sp³-hybridized carbons (Fsp3) is 0.421. The molecule has 0 aliphatic carbocycles. The predicted octanol–water partition coefficient (Wildman–Crippen LogP) is 3.35. The molecule has 0 radical (unpaired) electrons. The minimum absolute atomic E-state index is 0.126. The molecule has 1 aromatic heterocycles. The quantitative estimate of drug-likeness (QED) is 0.844. The summed E-state index contributed by atoms with van der Waals surface area (Å²) < 4.78 is 0. The maximum Gasteiger partial charge on any atom is 0.271 e. The molecule has 1 aliphatic rings. The summed E-state index contributed by atoms with van der Waals surface area (Å²) in [5, 5.41) is 6.10. The Morgan fingerprint density at radius 2 is 1.88 bits per heavy atom. The molecule has 1 amide bonds. The Kier molecular flexibility index (Phi) is 5.48. The predicted molar refractivity (Wildman–Crippen MR) is 100 cm³/mol. The summed E-state index contributed by atoms with van der Waals surface area (Å²) in [4.78, 5) is 22.9. The average molecular weight is 339 g/mol. The summed E-state index contributed by atoms with van der Waals surface area (Å²) in [6, 6.07) is 8.45. The number of aromatic nitrogens is 2. The number of rotatable bonds is 6. The number of carbonyl (C=O) groups excluding carboxylic acids is 1. The molecule has 2 aromatic rings. The van der Waals surface area contributed by atoms with E-state index in [1.54, 1.807) is 6.20 Å². The summed E-state index contributed by atoms with van der Waals surface area (Å²) in [6.07, 6.45) is 6.50. The van der Waals surface area contributed by atoms with Gasteiger partial charge >= 0.3 is 0 Å². The van der Waals surface area contributed by atoms with E-state index >= 15 is 0 Å². The number of amides is 1. The van der Waals surface area contributed by atoms with Crippen molar-refractivity contribution in [3.8, 4) is 0 Å². The lowest BCUT2D eigenvalue weighted by Crippen LogP contribution is -2.32. The Hall–Kier alpha value is -2.63. The largest absolute Gasteiger partial charge is 0.372 e. The van der Waals surface area contributed by atoms with E-state index in [2.05, 4.69) is 37.6 Å². The lowest BCUT2D eigenvalue weighted by molar-refractivity contribution is 0.0934. The molecule has 1 fully saturated rings. The average Bonchev–Trinajstić information content (AvgIpc) is 3.17. The van der Waals surface area contributed by atoms with Crippen LogP contribution < -0.4 is 15.5 Å². The normalized spacial score (nSPS) is 15.0. The van der Waals surface area contributed by atoms with Crippen molar-refractivity contribution in [3.05, 3.63) is 42.4 Å². The standard InChI is InChI=1S/C19H25N5O/c1-3-14(2)22-19(25)17-12-21-18(13-20-17)23-15-6-8-16(9-7-15)24-10-4-5-11-24/h6-9,12-14H,3-5,10-11H2,1-2H3,(H,21,23)(H,22,25). The lowest BCUT2D eigenvalue weighted by Gasteiger charge is -2.17. The van der Waals surface area contributed by atoms with Crippen LogP contribution in [0.15, 0.2) is 36.7 Å². The monoisotopic (exact) mass is 339 g/mol. The van der Waals surface area contributed by atoms with Gasteiger partial charge in [-0.1, -0.05) is 6.92 Å². The van der Waals surface area contributed by atoms with E-state index in [1.165, 1.54) is 24.7 Å². The molecule has 2 heterocycles. The summed E-state index contributed by atoms with van der Waals surface area (Å²) >= 11 is 0. The van der Waals surface area contributed by atoms with Gasteiger partial charge in [-0.3, -0.25) is 4.79 Å². The Morgan fingerprint density at radius 3 is 2.48 bits per heavy atom. The van der Waals surface area contributed by atoms with Crippen molar-refractivity contribution in [2.45, 2.75) is 39.2 Å². The molecule has 0 spiro atoms. The second kappa shape index (κ2) is 7.96. The lowest BCUT2D eigenvalue weighted by atomic mass is 10.2. The molecule has 1 aliphatic heterocycles. The van der Waals surface area contributed by atoms with Crippen LogP contribution >= 0.6 is 0 Å². The first-order valence-corrected chi connectivity index (χ1v) is 8.90. The fourth-order valence-electron chi connectivity index (χ4n) is 2.79. The van der Waals surface area contributed by atoms with Crippen molar-refractivity contribution in [2.75, 3.05) is 23.3 Å². The molecule has 1 saturated heterocycles. The molecule has 132 valence electrons. The van der Waals surface area contributed by atoms with Crippen LogP contribution in [-0.4, -0.2) is 35.0 Å². The topological polar surface area (TPSA) is 70.2 Å². The van der Waals surface area contributed by atoms with E-state index in [0.29, 0.717) is 11.5 Å². The van der Waals surface area contributed by atoms with Crippen molar-refractivity contribution < 1.29 is 4.79 Å². The molecule has 2 N–H and O–H groups in total. The van der Waals surface area contributed by atoms with E-state index in [4.69, 9.17) is 0 Å². The minimum atomic E-state index is -0.191. The van der Waals surface area contributed by atoms with Crippen molar-refractivity contribution in [3.63, 3.8) is 0 Å². The molecule has 6 heteroatoms. The SMILES string of the molecule is CCC(C)NC(=O)c1cnc(Nc2ccc(N3CCCC3)cc2)cn1. The highest BCUT2D eigenvalue weighted by atomic mass is 16.1. The summed E-state index contributed by atoms with van der Waals surface area (Å²) in [7, 11) is 0. The second-order valence-corrected chi connectivity index (χ2v) is 6.44. The van der Waals surface area contributed by atoms with Gasteiger partial charge in [0.2, 0.25) is 0 Å². The fourth-order valence-corrected chi connectivity index (χ4v) is 2.79. The number of carbonyl (C=O) groups is 1. The van der Waals surface area contributed by atoms with Crippen molar-refractivity contribution >= 4 is 23.1 Å². The molecule has 0 bridgehead atoms. The van der Waals surface area contributed by atoms with Crippen LogP contribution in [-0.2, 0) is 0 Å². The second-order valence-electron chi connectivity index (χ2n) is 6.44. The first-order valence-electron chi connectivity index (χ1n) is 8.90. The number of hydrogen-bond acceptors (Lipinski definition) is 5. The third-order valence-electron chi connectivity index (χ3n) is 4.49. The molecule has 0 saturated carbocycles. The van der Waals surface area contributed by atoms with Crippen molar-refractivity contribution in [1.29, 1.82) is 0 Å². The molecular weight excluding hydrogens is 314 g/mol. The Morgan fingerprint density at radius 1 is 1.16 bits per heavy atom. The highest BCUT2D eigenvalue weighted by Gasteiger charge is 2.12. The zero-order chi connectivity index (χ0) is 17.6. The smallest absolute Gasteiger partial charge is 0.271 e. The van der Waals surface area contributed by atoms with Gasteiger partial charge in [0.15, 0.2) is 0 Å². The van der Waals surface area contributed by atoms with Gasteiger partial charge in [-0.25, -0.2) is 9.97 Å². The summed E-state index contributed by atoms with van der Waals surface area (Å²) in [5.74, 6) is 0.428. The number of nitrogens with one attached hydrogen (secondary N) is 2. The van der Waals surface area contributed by atoms with Crippen LogP contribution in [0.4, 0.5) is 17.2 Å². The molecule has 1 unspecified atom stereocenters. The molecule has 1 atom stereocenters. The molecule has 6 nitrogen and oxygen atoms in total. The van der Waals surface area contributed by atoms with Crippen molar-refractivity contribution in [1.82, 2.24) is 15.3 Å². The third-order valence-corrected chi connectivity index (χ3v) is 4.49. The Labute approximate surface area is 148 Å². The van der Waals surface area contributed by atoms with E-state index in [9.17, 15) is 4.79 Å². The highest BCUT2D eigenvalue weighted by molar-refractivity contribution is 5.92. The number of benzene rings is 1. The van der Waals surface area contributed by atoms with E-state index in [-0.39, 0.29) is 11.9 Å². The highest BCUT2D eigenvalue weighted by Crippen LogP contribution is 2.23. The van der Waals surface area contributed by atoms with Crippen LogP contribution in [0.25, 0.3) is 0 Å².